The largest absolute Gasteiger partial charge is 0.335 e. The number of hydrogen-bond donors (Lipinski definition) is 0. The molecule has 310 valence electrons. The van der Waals surface area contributed by atoms with E-state index in [1.165, 1.54) is 44.1 Å². The number of anilines is 6. The van der Waals surface area contributed by atoms with Crippen molar-refractivity contribution in [3.63, 3.8) is 0 Å². The van der Waals surface area contributed by atoms with Gasteiger partial charge < -0.3 is 14.4 Å². The first-order chi connectivity index (χ1) is 29.9. The maximum absolute atomic E-state index is 4.36. The van der Waals surface area contributed by atoms with Crippen LogP contribution in [-0.4, -0.2) is 19.3 Å². The normalized spacial score (nSPS) is 12.4. The summed E-state index contributed by atoms with van der Waals surface area (Å²) in [6.45, 7) is 15.8. The Hall–Kier alpha value is -6.41. The lowest BCUT2D eigenvalue weighted by atomic mass is 10.0. The fourth-order valence-electron chi connectivity index (χ4n) is 7.64. The second kappa shape index (κ2) is 18.3. The number of aromatic nitrogens is 3. The zero-order valence-electron chi connectivity index (χ0n) is 36.5. The average molecular weight is 848 g/mol. The van der Waals surface area contributed by atoms with Crippen LogP contribution < -0.4 is 9.80 Å². The monoisotopic (exact) mass is 847 g/mol. The summed E-state index contributed by atoms with van der Waals surface area (Å²) in [6.07, 6.45) is 11.9. The van der Waals surface area contributed by atoms with Gasteiger partial charge in [-0.3, -0.25) is 9.97 Å². The molecule has 0 radical (unpaired) electrons. The van der Waals surface area contributed by atoms with E-state index in [2.05, 4.69) is 243 Å². The van der Waals surface area contributed by atoms with Crippen LogP contribution in [0.15, 0.2) is 195 Å². The van der Waals surface area contributed by atoms with Crippen molar-refractivity contribution in [2.24, 2.45) is 0 Å². The van der Waals surface area contributed by atoms with Gasteiger partial charge >= 0.3 is 0 Å². The molecule has 0 fully saturated rings. The van der Waals surface area contributed by atoms with Crippen LogP contribution in [-0.2, 0) is 5.54 Å². The molecule has 4 heterocycles. The van der Waals surface area contributed by atoms with E-state index in [9.17, 15) is 0 Å². The van der Waals surface area contributed by atoms with Gasteiger partial charge in [-0.15, -0.1) is 11.8 Å². The van der Waals surface area contributed by atoms with Gasteiger partial charge in [0.1, 0.15) is 10.0 Å². The smallest absolute Gasteiger partial charge is 0.102 e. The highest BCUT2D eigenvalue weighted by Gasteiger charge is 2.24. The lowest BCUT2D eigenvalue weighted by Gasteiger charge is -2.28. The summed E-state index contributed by atoms with van der Waals surface area (Å²) in [6, 6.07) is 56.3. The lowest BCUT2D eigenvalue weighted by Crippen LogP contribution is -2.23. The molecule has 0 saturated heterocycles. The Balaban J connectivity index is 1.12. The number of benzene rings is 4. The molecular formula is C55H53N5S2. The zero-order valence-corrected chi connectivity index (χ0v) is 38.2. The SMILES string of the molecule is C/C(=C\C=C(/SC(C)(C)C)c1ccccc1)c1ccc(N(c2ccncc2)c2ccc(N(c3ccncc3)c3ccc(-c4ccc(-c5ccccc5)n4C(C)(C)C)cc3)s2)cc1. The minimum atomic E-state index is -0.120. The van der Waals surface area contributed by atoms with Crippen molar-refractivity contribution in [2.45, 2.75) is 58.8 Å². The molecule has 0 bridgehead atoms. The number of pyridine rings is 2. The molecule has 0 spiro atoms. The van der Waals surface area contributed by atoms with Gasteiger partial charge in [0.25, 0.3) is 0 Å². The maximum atomic E-state index is 4.36. The van der Waals surface area contributed by atoms with Gasteiger partial charge in [-0.2, -0.15) is 0 Å². The molecule has 0 unspecified atom stereocenters. The Kier molecular flexibility index (Phi) is 12.5. The zero-order chi connectivity index (χ0) is 43.3. The van der Waals surface area contributed by atoms with Crippen molar-refractivity contribution in [1.29, 1.82) is 0 Å². The van der Waals surface area contributed by atoms with E-state index in [0.29, 0.717) is 0 Å². The summed E-state index contributed by atoms with van der Waals surface area (Å²) in [7, 11) is 0. The number of hydrogen-bond acceptors (Lipinski definition) is 6. The standard InChI is InChI=1S/C55H53N5S2/c1-40(18-29-51(62-55(5,6)7)44-16-12-9-13-17-44)41-19-23-45(24-20-41)58(47-32-36-56-37-33-47)52-30-31-53(61-52)59(48-34-38-57-39-35-48)46-25-21-43(22-26-46)50-28-27-49(60(50)54(2,3)4)42-14-10-8-11-15-42/h8-39H,1-7H3/b40-18+,51-29-. The van der Waals surface area contributed by atoms with E-state index >= 15 is 0 Å². The highest BCUT2D eigenvalue weighted by molar-refractivity contribution is 8.09. The van der Waals surface area contributed by atoms with Crippen molar-refractivity contribution in [1.82, 2.24) is 14.5 Å². The molecule has 0 aliphatic rings. The summed E-state index contributed by atoms with van der Waals surface area (Å²) in [4.78, 5) is 14.6. The van der Waals surface area contributed by atoms with E-state index in [-0.39, 0.29) is 10.3 Å². The third-order valence-corrected chi connectivity index (χ3v) is 12.7. The molecule has 0 saturated carbocycles. The molecule has 7 heteroatoms. The fourth-order valence-corrected chi connectivity index (χ4v) is 9.78. The Morgan fingerprint density at radius 1 is 0.500 bits per heavy atom. The van der Waals surface area contributed by atoms with Gasteiger partial charge in [0.05, 0.1) is 0 Å². The molecule has 0 atom stereocenters. The van der Waals surface area contributed by atoms with Gasteiger partial charge in [0.15, 0.2) is 0 Å². The topological polar surface area (TPSA) is 37.2 Å². The summed E-state index contributed by atoms with van der Waals surface area (Å²) in [5.41, 5.74) is 12.5. The van der Waals surface area contributed by atoms with Crippen LogP contribution in [0, 0.1) is 0 Å². The third-order valence-electron chi connectivity index (χ3n) is 10.4. The Morgan fingerprint density at radius 3 is 1.44 bits per heavy atom. The second-order valence-electron chi connectivity index (χ2n) is 17.2. The van der Waals surface area contributed by atoms with Gasteiger partial charge in [-0.05, 0) is 134 Å². The van der Waals surface area contributed by atoms with Crippen LogP contribution in [0.1, 0.15) is 59.6 Å². The predicted molar refractivity (Wildman–Crippen MR) is 269 cm³/mol. The van der Waals surface area contributed by atoms with Gasteiger partial charge in [0.2, 0.25) is 0 Å². The molecule has 0 aliphatic carbocycles. The second-order valence-corrected chi connectivity index (χ2v) is 20.1. The fraction of sp³-hybridized carbons (Fsp3) is 0.164. The average Bonchev–Trinajstić information content (AvgIpc) is 3.96. The first-order valence-corrected chi connectivity index (χ1v) is 22.7. The molecule has 8 rings (SSSR count). The van der Waals surface area contributed by atoms with Crippen LogP contribution in [0.25, 0.3) is 33.0 Å². The highest BCUT2D eigenvalue weighted by atomic mass is 32.2. The van der Waals surface area contributed by atoms with E-state index < -0.39 is 0 Å². The van der Waals surface area contributed by atoms with E-state index in [0.717, 1.165) is 32.8 Å². The van der Waals surface area contributed by atoms with Gasteiger partial charge in [0, 0.05) is 74.1 Å². The van der Waals surface area contributed by atoms with Crippen molar-refractivity contribution in [3.05, 3.63) is 206 Å². The van der Waals surface area contributed by atoms with Crippen LogP contribution >= 0.6 is 23.1 Å². The lowest BCUT2D eigenvalue weighted by molar-refractivity contribution is 0.407. The third kappa shape index (κ3) is 9.70. The molecule has 62 heavy (non-hydrogen) atoms. The Bertz CT molecular complexity index is 2760. The number of nitrogens with zero attached hydrogens (tertiary/aromatic N) is 5. The maximum Gasteiger partial charge on any atom is 0.102 e. The Labute approximate surface area is 375 Å². The quantitative estimate of drug-likeness (QED) is 0.115. The molecule has 0 aliphatic heterocycles. The van der Waals surface area contributed by atoms with E-state index in [1.807, 2.05) is 36.5 Å². The molecule has 4 aromatic carbocycles. The molecule has 5 nitrogen and oxygen atoms in total. The molecule has 0 amide bonds. The first-order valence-electron chi connectivity index (χ1n) is 21.0. The molecular weight excluding hydrogens is 795 g/mol. The van der Waals surface area contributed by atoms with E-state index in [4.69, 9.17) is 0 Å². The van der Waals surface area contributed by atoms with Gasteiger partial charge in [-0.1, -0.05) is 123 Å². The Morgan fingerprint density at radius 2 is 0.952 bits per heavy atom. The van der Waals surface area contributed by atoms with Crippen molar-refractivity contribution in [2.75, 3.05) is 9.80 Å². The van der Waals surface area contributed by atoms with Crippen LogP contribution in [0.2, 0.25) is 0 Å². The number of rotatable bonds is 12. The van der Waals surface area contributed by atoms with Crippen LogP contribution in [0.5, 0.6) is 0 Å². The summed E-state index contributed by atoms with van der Waals surface area (Å²) < 4.78 is 2.55. The molecule has 0 N–H and O–H groups in total. The minimum absolute atomic E-state index is 0.0936. The summed E-state index contributed by atoms with van der Waals surface area (Å²) in [5, 5.41) is 2.18. The van der Waals surface area contributed by atoms with Crippen LogP contribution in [0.4, 0.5) is 32.8 Å². The summed E-state index contributed by atoms with van der Waals surface area (Å²) >= 11 is 3.64. The van der Waals surface area contributed by atoms with Crippen molar-refractivity contribution in [3.8, 4) is 22.5 Å². The summed E-state index contributed by atoms with van der Waals surface area (Å²) in [5.74, 6) is 0. The molecule has 4 aromatic heterocycles. The van der Waals surface area contributed by atoms with Crippen molar-refractivity contribution >= 4 is 66.3 Å². The predicted octanol–water partition coefficient (Wildman–Crippen LogP) is 16.3. The number of thiophene rings is 1. The first kappa shape index (κ1) is 42.3. The van der Waals surface area contributed by atoms with Crippen LogP contribution in [0.3, 0.4) is 0 Å². The molecule has 8 aromatic rings. The van der Waals surface area contributed by atoms with Crippen molar-refractivity contribution < 1.29 is 0 Å². The highest BCUT2D eigenvalue weighted by Crippen LogP contribution is 2.46. The minimum Gasteiger partial charge on any atom is -0.335 e. The number of allylic oxidation sites excluding steroid dienone is 3. The number of thioether (sulfide) groups is 1. The van der Waals surface area contributed by atoms with E-state index in [1.54, 1.807) is 11.3 Å². The van der Waals surface area contributed by atoms with Gasteiger partial charge in [-0.25, -0.2) is 0 Å².